The number of rotatable bonds is 31. The van der Waals surface area contributed by atoms with E-state index in [2.05, 4.69) is 41.2 Å². The molecule has 0 amide bonds. The fraction of sp³-hybridized carbons (Fsp3) is 0.914. The third-order valence-corrected chi connectivity index (χ3v) is 8.77. The summed E-state index contributed by atoms with van der Waals surface area (Å²) in [6.45, 7) is 8.31. The molecule has 2 heterocycles. The quantitative estimate of drug-likeness (QED) is 0.0581. The summed E-state index contributed by atoms with van der Waals surface area (Å²) in [5, 5.41) is 17.2. The Morgan fingerprint density at radius 1 is 0.535 bits per heavy atom. The van der Waals surface area contributed by atoms with Gasteiger partial charge in [-0.2, -0.15) is 20.5 Å². The Kier molecular flexibility index (Phi) is 19.6. The average molecular weight is 604 g/mol. The van der Waals surface area contributed by atoms with E-state index in [1.165, 1.54) is 83.5 Å². The van der Waals surface area contributed by atoms with Crippen LogP contribution in [0.3, 0.4) is 0 Å². The van der Waals surface area contributed by atoms with Crippen molar-refractivity contribution in [2.24, 2.45) is 20.5 Å². The number of ether oxygens (including phenoxy) is 2. The van der Waals surface area contributed by atoms with Crippen molar-refractivity contribution in [2.75, 3.05) is 6.61 Å². The Morgan fingerprint density at radius 2 is 0.907 bits per heavy atom. The Hall–Kier alpha value is -1.86. The van der Waals surface area contributed by atoms with E-state index in [4.69, 9.17) is 9.47 Å². The number of esters is 2. The van der Waals surface area contributed by atoms with E-state index >= 15 is 0 Å². The van der Waals surface area contributed by atoms with Crippen molar-refractivity contribution in [3.63, 3.8) is 0 Å². The van der Waals surface area contributed by atoms with Crippen LogP contribution < -0.4 is 0 Å². The minimum absolute atomic E-state index is 0.0196. The Bertz CT molecular complexity index is 804. The summed E-state index contributed by atoms with van der Waals surface area (Å²) in [5.74, 6) is -0.525. The second kappa shape index (κ2) is 22.6. The minimum Gasteiger partial charge on any atom is -0.462 e. The summed E-state index contributed by atoms with van der Waals surface area (Å²) in [4.78, 5) is 24.2. The Labute approximate surface area is 263 Å². The van der Waals surface area contributed by atoms with E-state index in [0.29, 0.717) is 12.8 Å². The summed E-state index contributed by atoms with van der Waals surface area (Å²) in [5.41, 5.74) is -0.258. The van der Waals surface area contributed by atoms with Gasteiger partial charge in [-0.25, -0.2) is 0 Å². The normalized spacial score (nSPS) is 16.3. The van der Waals surface area contributed by atoms with Crippen molar-refractivity contribution in [1.82, 2.24) is 0 Å². The first kappa shape index (κ1) is 37.3. The van der Waals surface area contributed by atoms with Crippen LogP contribution in [0, 0.1) is 6.92 Å². The van der Waals surface area contributed by atoms with Crippen LogP contribution in [0.5, 0.6) is 0 Å². The fourth-order valence-corrected chi connectivity index (χ4v) is 5.75. The van der Waals surface area contributed by atoms with Crippen LogP contribution in [0.4, 0.5) is 0 Å². The Balaban J connectivity index is 1.35. The Morgan fingerprint density at radius 3 is 1.40 bits per heavy atom. The second-order valence-corrected chi connectivity index (χ2v) is 13.0. The van der Waals surface area contributed by atoms with Crippen LogP contribution in [0.15, 0.2) is 20.5 Å². The molecular weight excluding hydrogens is 540 g/mol. The molecule has 2 rings (SSSR count). The molecule has 0 fully saturated rings. The van der Waals surface area contributed by atoms with E-state index in [9.17, 15) is 9.59 Å². The molecule has 0 spiro atoms. The maximum absolute atomic E-state index is 12.2. The van der Waals surface area contributed by atoms with E-state index in [-0.39, 0.29) is 29.9 Å². The van der Waals surface area contributed by atoms with Crippen molar-refractivity contribution in [3.05, 3.63) is 6.92 Å². The maximum Gasteiger partial charge on any atom is 0.306 e. The number of carbonyl (C=O) groups is 2. The van der Waals surface area contributed by atoms with Gasteiger partial charge >= 0.3 is 11.9 Å². The summed E-state index contributed by atoms with van der Waals surface area (Å²) in [7, 11) is 0. The van der Waals surface area contributed by atoms with Gasteiger partial charge < -0.3 is 9.47 Å². The largest absolute Gasteiger partial charge is 0.462 e. The molecule has 0 aromatic heterocycles. The first-order valence-electron chi connectivity index (χ1n) is 18.0. The van der Waals surface area contributed by atoms with Crippen molar-refractivity contribution < 1.29 is 19.1 Å². The molecule has 0 aliphatic carbocycles. The SMILES string of the molecule is [CH2]C(COC(=O)CCCCCCCCCCCCCCC)OC(=O)CCCCC1(CCCCCC2(CCCC)N=N2)N=N1. The molecule has 8 nitrogen and oxygen atoms in total. The van der Waals surface area contributed by atoms with Crippen LogP contribution in [-0.2, 0) is 19.1 Å². The predicted molar refractivity (Wildman–Crippen MR) is 173 cm³/mol. The highest BCUT2D eigenvalue weighted by atomic mass is 16.6. The van der Waals surface area contributed by atoms with Gasteiger partial charge in [0.25, 0.3) is 0 Å². The zero-order valence-electron chi connectivity index (χ0n) is 27.8. The van der Waals surface area contributed by atoms with Crippen LogP contribution in [-0.4, -0.2) is 36.0 Å². The van der Waals surface area contributed by atoms with Crippen molar-refractivity contribution >= 4 is 11.9 Å². The lowest BCUT2D eigenvalue weighted by Gasteiger charge is -2.14. The molecule has 2 aliphatic rings. The van der Waals surface area contributed by atoms with E-state index in [1.54, 1.807) is 0 Å². The van der Waals surface area contributed by atoms with E-state index < -0.39 is 6.10 Å². The molecule has 0 aromatic rings. The molecule has 0 aromatic carbocycles. The lowest BCUT2D eigenvalue weighted by atomic mass is 9.96. The molecule has 0 saturated heterocycles. The minimum atomic E-state index is -0.666. The van der Waals surface area contributed by atoms with Gasteiger partial charge in [-0.3, -0.25) is 9.59 Å². The van der Waals surface area contributed by atoms with E-state index in [1.807, 2.05) is 0 Å². The van der Waals surface area contributed by atoms with Crippen LogP contribution >= 0.6 is 0 Å². The van der Waals surface area contributed by atoms with Gasteiger partial charge in [-0.15, -0.1) is 0 Å². The molecule has 0 saturated carbocycles. The van der Waals surface area contributed by atoms with Gasteiger partial charge in [0.2, 0.25) is 0 Å². The van der Waals surface area contributed by atoms with Crippen LogP contribution in [0.1, 0.15) is 181 Å². The molecule has 2 aliphatic heterocycles. The number of hydrogen-bond acceptors (Lipinski definition) is 8. The monoisotopic (exact) mass is 603 g/mol. The summed E-state index contributed by atoms with van der Waals surface area (Å²) in [6.07, 6.45) is 28.1. The van der Waals surface area contributed by atoms with Gasteiger partial charge in [-0.05, 0) is 71.1 Å². The number of nitrogens with zero attached hydrogens (tertiary/aromatic N) is 4. The highest BCUT2D eigenvalue weighted by Crippen LogP contribution is 2.41. The number of hydrogen-bond donors (Lipinski definition) is 0. The maximum atomic E-state index is 12.2. The van der Waals surface area contributed by atoms with Gasteiger partial charge in [-0.1, -0.05) is 104 Å². The lowest BCUT2D eigenvalue weighted by molar-refractivity contribution is -0.156. The molecule has 1 atom stereocenters. The van der Waals surface area contributed by atoms with Gasteiger partial charge in [0.05, 0.1) is 0 Å². The first-order valence-corrected chi connectivity index (χ1v) is 18.0. The van der Waals surface area contributed by atoms with E-state index in [0.717, 1.165) is 70.6 Å². The molecule has 247 valence electrons. The zero-order chi connectivity index (χ0) is 31.1. The number of carbonyl (C=O) groups excluding carboxylic acids is 2. The molecular formula is C35H63N4O4. The molecule has 1 unspecified atom stereocenters. The number of unbranched alkanes of at least 4 members (excludes halogenated alkanes) is 16. The third-order valence-electron chi connectivity index (χ3n) is 8.77. The summed E-state index contributed by atoms with van der Waals surface area (Å²) >= 11 is 0. The topological polar surface area (TPSA) is 102 Å². The molecule has 0 bridgehead atoms. The zero-order valence-corrected chi connectivity index (χ0v) is 27.8. The van der Waals surface area contributed by atoms with Gasteiger partial charge in [0.15, 0.2) is 11.3 Å². The molecule has 0 N–H and O–H groups in total. The van der Waals surface area contributed by atoms with Crippen molar-refractivity contribution in [2.45, 2.75) is 198 Å². The standard InChI is InChI=1S/C35H63N4O4/c1-4-6-8-9-10-11-12-13-14-15-16-17-19-24-32(40)42-30-31(3)43-33(41)25-20-23-29-35(38-39-35)28-22-18-21-27-34(36-37-34)26-7-5-2/h31H,3-30H2,1-2H3. The smallest absolute Gasteiger partial charge is 0.306 e. The second-order valence-electron chi connectivity index (χ2n) is 13.0. The highest BCUT2D eigenvalue weighted by Gasteiger charge is 2.40. The van der Waals surface area contributed by atoms with Crippen LogP contribution in [0.25, 0.3) is 0 Å². The highest BCUT2D eigenvalue weighted by molar-refractivity contribution is 5.70. The van der Waals surface area contributed by atoms with Crippen molar-refractivity contribution in [1.29, 1.82) is 0 Å². The summed E-state index contributed by atoms with van der Waals surface area (Å²) in [6, 6.07) is 0. The first-order chi connectivity index (χ1) is 20.9. The fourth-order valence-electron chi connectivity index (χ4n) is 5.75. The predicted octanol–water partition coefficient (Wildman–Crippen LogP) is 10.8. The molecule has 8 heteroatoms. The van der Waals surface area contributed by atoms with Gasteiger partial charge in [0.1, 0.15) is 12.7 Å². The third kappa shape index (κ3) is 19.2. The van der Waals surface area contributed by atoms with Gasteiger partial charge in [0, 0.05) is 12.8 Å². The van der Waals surface area contributed by atoms with Crippen LogP contribution in [0.2, 0.25) is 0 Å². The molecule has 1 radical (unpaired) electrons. The molecule has 43 heavy (non-hydrogen) atoms. The average Bonchev–Trinajstić information content (AvgIpc) is 3.93. The van der Waals surface area contributed by atoms with Crippen molar-refractivity contribution in [3.8, 4) is 0 Å². The summed E-state index contributed by atoms with van der Waals surface area (Å²) < 4.78 is 10.6. The lowest BCUT2D eigenvalue weighted by Crippen LogP contribution is -2.22.